The fourth-order valence-electron chi connectivity index (χ4n) is 3.14. The molecule has 4 rings (SSSR count). The van der Waals surface area contributed by atoms with E-state index in [0.29, 0.717) is 28.2 Å². The van der Waals surface area contributed by atoms with Gasteiger partial charge in [0.2, 0.25) is 0 Å². The Kier molecular flexibility index (Phi) is 6.56. The molecule has 1 fully saturated rings. The molecule has 1 saturated heterocycles. The molecular formula is C25H21FN2O3S. The van der Waals surface area contributed by atoms with Crippen molar-refractivity contribution in [3.63, 3.8) is 0 Å². The van der Waals surface area contributed by atoms with Crippen LogP contribution in [0, 0.1) is 12.7 Å². The van der Waals surface area contributed by atoms with E-state index in [1.54, 1.807) is 37.5 Å². The topological polar surface area (TPSA) is 59.9 Å². The lowest BCUT2D eigenvalue weighted by Crippen LogP contribution is -2.19. The summed E-state index contributed by atoms with van der Waals surface area (Å²) < 4.78 is 25.2. The lowest BCUT2D eigenvalue weighted by Gasteiger charge is -2.12. The maximum absolute atomic E-state index is 13.8. The number of nitrogens with one attached hydrogen (secondary N) is 1. The van der Waals surface area contributed by atoms with Crippen LogP contribution >= 0.6 is 11.8 Å². The van der Waals surface area contributed by atoms with Crippen LogP contribution in [-0.2, 0) is 11.4 Å². The molecule has 0 aromatic heterocycles. The molecule has 0 aliphatic carbocycles. The molecule has 0 spiro atoms. The van der Waals surface area contributed by atoms with Gasteiger partial charge in [-0.15, -0.1) is 0 Å². The molecule has 1 heterocycles. The van der Waals surface area contributed by atoms with Gasteiger partial charge in [0, 0.05) is 0 Å². The van der Waals surface area contributed by atoms with E-state index in [-0.39, 0.29) is 11.6 Å². The molecule has 162 valence electrons. The Labute approximate surface area is 190 Å². The van der Waals surface area contributed by atoms with Gasteiger partial charge < -0.3 is 14.8 Å². The van der Waals surface area contributed by atoms with Crippen molar-refractivity contribution in [2.45, 2.75) is 13.5 Å². The highest BCUT2D eigenvalue weighted by Crippen LogP contribution is 2.33. The van der Waals surface area contributed by atoms with Crippen LogP contribution in [0.15, 0.2) is 76.6 Å². The zero-order valence-electron chi connectivity index (χ0n) is 17.6. The van der Waals surface area contributed by atoms with E-state index < -0.39 is 5.82 Å². The molecule has 32 heavy (non-hydrogen) atoms. The molecule has 5 nitrogen and oxygen atoms in total. The van der Waals surface area contributed by atoms with Crippen molar-refractivity contribution in [3.8, 4) is 11.5 Å². The van der Waals surface area contributed by atoms with Crippen molar-refractivity contribution in [3.05, 3.63) is 94.1 Å². The Morgan fingerprint density at radius 1 is 1.06 bits per heavy atom. The first-order valence-electron chi connectivity index (χ1n) is 9.92. The minimum absolute atomic E-state index is 0.174. The zero-order valence-corrected chi connectivity index (χ0v) is 18.4. The minimum atomic E-state index is -0.446. The van der Waals surface area contributed by atoms with E-state index in [1.165, 1.54) is 11.6 Å². The molecule has 0 atom stereocenters. The number of benzene rings is 3. The zero-order chi connectivity index (χ0) is 22.5. The number of methoxy groups -OCH3 is 1. The number of carbonyl (C=O) groups excluding carboxylic acids is 1. The third-order valence-corrected chi connectivity index (χ3v) is 5.60. The van der Waals surface area contributed by atoms with Crippen molar-refractivity contribution in [1.29, 1.82) is 0 Å². The molecule has 3 aromatic carbocycles. The first-order valence-corrected chi connectivity index (χ1v) is 10.7. The molecule has 0 radical (unpaired) electrons. The third-order valence-electron chi connectivity index (χ3n) is 4.69. The van der Waals surface area contributed by atoms with Gasteiger partial charge >= 0.3 is 0 Å². The second kappa shape index (κ2) is 9.70. The quantitative estimate of drug-likeness (QED) is 0.498. The van der Waals surface area contributed by atoms with Crippen LogP contribution in [0.1, 0.15) is 16.7 Å². The van der Waals surface area contributed by atoms with Gasteiger partial charge in [0.25, 0.3) is 5.91 Å². The van der Waals surface area contributed by atoms with Crippen LogP contribution in [0.4, 0.5) is 10.1 Å². The van der Waals surface area contributed by atoms with Crippen LogP contribution in [0.25, 0.3) is 6.08 Å². The number of thioether (sulfide) groups is 1. The van der Waals surface area contributed by atoms with Gasteiger partial charge in [0.1, 0.15) is 18.1 Å². The molecule has 7 heteroatoms. The number of aryl methyl sites for hydroxylation is 1. The van der Waals surface area contributed by atoms with Crippen molar-refractivity contribution in [1.82, 2.24) is 5.32 Å². The van der Waals surface area contributed by atoms with Crippen molar-refractivity contribution in [2.24, 2.45) is 4.99 Å². The van der Waals surface area contributed by atoms with Gasteiger partial charge in [0.15, 0.2) is 16.7 Å². The number of amides is 1. The number of para-hydroxylation sites is 1. The fraction of sp³-hybridized carbons (Fsp3) is 0.120. The van der Waals surface area contributed by atoms with Crippen LogP contribution in [0.3, 0.4) is 0 Å². The van der Waals surface area contributed by atoms with Crippen molar-refractivity contribution >= 4 is 34.6 Å². The Bertz CT molecular complexity index is 1220. The number of aliphatic imine (C=N–C) groups is 1. The average molecular weight is 449 g/mol. The van der Waals surface area contributed by atoms with Crippen molar-refractivity contribution < 1.29 is 18.7 Å². The SMILES string of the molecule is COc1cc(/C=C2\SC(=Nc3ccccc3F)NC2=O)ccc1OCc1cccc(C)c1. The van der Waals surface area contributed by atoms with E-state index in [1.807, 2.05) is 37.3 Å². The molecule has 1 aliphatic heterocycles. The summed E-state index contributed by atoms with van der Waals surface area (Å²) in [5.41, 5.74) is 3.19. The predicted octanol–water partition coefficient (Wildman–Crippen LogP) is 5.61. The number of halogens is 1. The van der Waals surface area contributed by atoms with Gasteiger partial charge in [-0.05, 0) is 60.2 Å². The maximum Gasteiger partial charge on any atom is 0.264 e. The van der Waals surface area contributed by atoms with Crippen molar-refractivity contribution in [2.75, 3.05) is 7.11 Å². The van der Waals surface area contributed by atoms with Crippen LogP contribution in [0.2, 0.25) is 0 Å². The summed E-state index contributed by atoms with van der Waals surface area (Å²) in [7, 11) is 1.57. The normalized spacial score (nSPS) is 15.8. The number of amidine groups is 1. The predicted molar refractivity (Wildman–Crippen MR) is 126 cm³/mol. The molecule has 1 N–H and O–H groups in total. The number of hydrogen-bond acceptors (Lipinski definition) is 5. The number of ether oxygens (including phenoxy) is 2. The largest absolute Gasteiger partial charge is 0.493 e. The fourth-order valence-corrected chi connectivity index (χ4v) is 3.97. The maximum atomic E-state index is 13.8. The first kappa shape index (κ1) is 21.6. The van der Waals surface area contributed by atoms with E-state index in [9.17, 15) is 9.18 Å². The summed E-state index contributed by atoms with van der Waals surface area (Å²) in [4.78, 5) is 17.0. The Morgan fingerprint density at radius 2 is 1.91 bits per heavy atom. The average Bonchev–Trinajstić information content (AvgIpc) is 3.13. The standard InChI is InChI=1S/C25H21FN2O3S/c1-16-6-5-7-18(12-16)15-31-21-11-10-17(13-22(21)30-2)14-23-24(29)28-25(32-23)27-20-9-4-3-8-19(20)26/h3-14H,15H2,1-2H3,(H,27,28,29)/b23-14-. The summed E-state index contributed by atoms with van der Waals surface area (Å²) in [6, 6.07) is 19.7. The van der Waals surface area contributed by atoms with Crippen LogP contribution < -0.4 is 14.8 Å². The second-order valence-corrected chi connectivity index (χ2v) is 8.15. The van der Waals surface area contributed by atoms with E-state index in [0.717, 1.165) is 22.9 Å². The molecule has 0 bridgehead atoms. The highest BCUT2D eigenvalue weighted by Gasteiger charge is 2.24. The van der Waals surface area contributed by atoms with Gasteiger partial charge in [-0.25, -0.2) is 9.38 Å². The molecule has 0 unspecified atom stereocenters. The summed E-state index contributed by atoms with van der Waals surface area (Å²) in [6.07, 6.45) is 1.73. The highest BCUT2D eigenvalue weighted by molar-refractivity contribution is 8.18. The van der Waals surface area contributed by atoms with E-state index in [4.69, 9.17) is 9.47 Å². The van der Waals surface area contributed by atoms with Crippen LogP contribution in [-0.4, -0.2) is 18.2 Å². The molecule has 3 aromatic rings. The summed E-state index contributed by atoms with van der Waals surface area (Å²) in [5, 5.41) is 3.00. The van der Waals surface area contributed by atoms with Gasteiger partial charge in [0.05, 0.1) is 12.0 Å². The lowest BCUT2D eigenvalue weighted by molar-refractivity contribution is -0.115. The first-order chi connectivity index (χ1) is 15.5. The second-order valence-electron chi connectivity index (χ2n) is 7.12. The molecule has 1 amide bonds. The summed E-state index contributed by atoms with van der Waals surface area (Å²) in [6.45, 7) is 2.46. The van der Waals surface area contributed by atoms with Gasteiger partial charge in [-0.2, -0.15) is 0 Å². The summed E-state index contributed by atoms with van der Waals surface area (Å²) >= 11 is 1.16. The number of hydrogen-bond donors (Lipinski definition) is 1. The Balaban J connectivity index is 1.50. The summed E-state index contributed by atoms with van der Waals surface area (Å²) in [5.74, 6) is 0.444. The van der Waals surface area contributed by atoms with E-state index in [2.05, 4.69) is 16.4 Å². The number of rotatable bonds is 6. The minimum Gasteiger partial charge on any atom is -0.493 e. The van der Waals surface area contributed by atoms with E-state index >= 15 is 0 Å². The van der Waals surface area contributed by atoms with Crippen LogP contribution in [0.5, 0.6) is 11.5 Å². The Morgan fingerprint density at radius 3 is 2.69 bits per heavy atom. The highest BCUT2D eigenvalue weighted by atomic mass is 32.2. The third kappa shape index (κ3) is 5.18. The number of carbonyl (C=O) groups is 1. The molecular weight excluding hydrogens is 427 g/mol. The monoisotopic (exact) mass is 448 g/mol. The Hall–Kier alpha value is -3.58. The smallest absolute Gasteiger partial charge is 0.264 e. The lowest BCUT2D eigenvalue weighted by atomic mass is 10.1. The van der Waals surface area contributed by atoms with Gasteiger partial charge in [-0.1, -0.05) is 48.0 Å². The number of nitrogens with zero attached hydrogens (tertiary/aromatic N) is 1. The van der Waals surface area contributed by atoms with Gasteiger partial charge in [-0.3, -0.25) is 4.79 Å². The molecule has 0 saturated carbocycles. The molecule has 1 aliphatic rings.